The monoisotopic (exact) mass is 424 g/mol. The fourth-order valence-electron chi connectivity index (χ4n) is 4.06. The number of aromatic nitrogens is 3. The molecule has 1 N–H and O–H groups in total. The summed E-state index contributed by atoms with van der Waals surface area (Å²) in [6, 6.07) is 13.3. The Balaban J connectivity index is 1.24. The molecule has 2 aliphatic carbocycles. The number of nitrogens with zero attached hydrogens (tertiary/aromatic N) is 3. The number of rotatable bonds is 7. The summed E-state index contributed by atoms with van der Waals surface area (Å²) in [6.45, 7) is 0. The number of benzene rings is 1. The van der Waals surface area contributed by atoms with Gasteiger partial charge in [-0.2, -0.15) is 0 Å². The van der Waals surface area contributed by atoms with Crippen LogP contribution in [-0.2, 0) is 17.6 Å². The number of amides is 1. The van der Waals surface area contributed by atoms with Crippen LogP contribution in [0.5, 0.6) is 0 Å². The average molecular weight is 425 g/mol. The third-order valence-electron chi connectivity index (χ3n) is 5.60. The number of nitrogens with one attached hydrogen (secondary N) is 1. The maximum Gasteiger partial charge on any atom is 0.230 e. The number of hydrogen-bond acceptors (Lipinski definition) is 5. The van der Waals surface area contributed by atoms with Gasteiger partial charge in [-0.1, -0.05) is 42.1 Å². The SMILES string of the molecule is O=C(CSc1nnc(Cc2cccs2)n1C1CC1)N[C@@H]1CCCc2ccccc21. The van der Waals surface area contributed by atoms with Crippen LogP contribution in [-0.4, -0.2) is 26.4 Å². The van der Waals surface area contributed by atoms with Gasteiger partial charge in [0.15, 0.2) is 5.16 Å². The minimum Gasteiger partial charge on any atom is -0.349 e. The number of thiophene rings is 1. The van der Waals surface area contributed by atoms with Crippen LogP contribution in [0.15, 0.2) is 46.9 Å². The van der Waals surface area contributed by atoms with E-state index < -0.39 is 0 Å². The fraction of sp³-hybridized carbons (Fsp3) is 0.409. The van der Waals surface area contributed by atoms with Crippen molar-refractivity contribution < 1.29 is 4.79 Å². The van der Waals surface area contributed by atoms with Gasteiger partial charge in [0.05, 0.1) is 11.8 Å². The highest BCUT2D eigenvalue weighted by molar-refractivity contribution is 7.99. The molecule has 2 aliphatic rings. The molecule has 1 amide bonds. The lowest BCUT2D eigenvalue weighted by Gasteiger charge is -2.26. The maximum atomic E-state index is 12.7. The van der Waals surface area contributed by atoms with Crippen LogP contribution in [0, 0.1) is 0 Å². The highest BCUT2D eigenvalue weighted by atomic mass is 32.2. The van der Waals surface area contributed by atoms with Crippen LogP contribution in [0.4, 0.5) is 0 Å². The molecule has 7 heteroatoms. The summed E-state index contributed by atoms with van der Waals surface area (Å²) in [5, 5.41) is 15.1. The smallest absolute Gasteiger partial charge is 0.230 e. The third-order valence-corrected chi connectivity index (χ3v) is 7.42. The van der Waals surface area contributed by atoms with Crippen molar-refractivity contribution in [1.29, 1.82) is 0 Å². The van der Waals surface area contributed by atoms with Gasteiger partial charge in [-0.25, -0.2) is 0 Å². The highest BCUT2D eigenvalue weighted by Gasteiger charge is 2.30. The van der Waals surface area contributed by atoms with E-state index in [9.17, 15) is 4.79 Å². The number of fused-ring (bicyclic) bond motifs is 1. The van der Waals surface area contributed by atoms with E-state index in [1.165, 1.54) is 40.6 Å². The Hall–Kier alpha value is -2.12. The lowest BCUT2D eigenvalue weighted by atomic mass is 9.88. The van der Waals surface area contributed by atoms with Gasteiger partial charge in [0.25, 0.3) is 0 Å². The Morgan fingerprint density at radius 1 is 1.17 bits per heavy atom. The number of carbonyl (C=O) groups is 1. The molecule has 2 heterocycles. The normalized spacial score (nSPS) is 18.4. The van der Waals surface area contributed by atoms with Gasteiger partial charge in [-0.3, -0.25) is 4.79 Å². The Morgan fingerprint density at radius 3 is 2.90 bits per heavy atom. The maximum absolute atomic E-state index is 12.7. The zero-order valence-corrected chi connectivity index (χ0v) is 17.8. The van der Waals surface area contributed by atoms with Crippen molar-refractivity contribution in [1.82, 2.24) is 20.1 Å². The van der Waals surface area contributed by atoms with Crippen molar-refractivity contribution in [3.63, 3.8) is 0 Å². The van der Waals surface area contributed by atoms with E-state index in [1.54, 1.807) is 11.3 Å². The van der Waals surface area contributed by atoms with E-state index in [1.807, 2.05) is 0 Å². The zero-order chi connectivity index (χ0) is 19.6. The number of aryl methyl sites for hydroxylation is 1. The standard InChI is InChI=1S/C22H24N4OS2/c27-21(23-19-9-3-6-15-5-1-2-8-18(15)19)14-29-22-25-24-20(26(22)16-10-11-16)13-17-7-4-12-28-17/h1-2,4-5,7-8,12,16,19H,3,6,9-11,13-14H2,(H,23,27)/t19-/m1/s1. The molecule has 0 unspecified atom stereocenters. The highest BCUT2D eigenvalue weighted by Crippen LogP contribution is 2.39. The topological polar surface area (TPSA) is 59.8 Å². The number of carbonyl (C=O) groups excluding carboxylic acids is 1. The quantitative estimate of drug-likeness (QED) is 0.565. The van der Waals surface area contributed by atoms with E-state index in [0.717, 1.165) is 36.7 Å². The van der Waals surface area contributed by atoms with Gasteiger partial charge >= 0.3 is 0 Å². The molecular weight excluding hydrogens is 400 g/mol. The van der Waals surface area contributed by atoms with E-state index in [0.29, 0.717) is 11.8 Å². The van der Waals surface area contributed by atoms with Crippen LogP contribution >= 0.6 is 23.1 Å². The molecule has 0 bridgehead atoms. The van der Waals surface area contributed by atoms with Gasteiger partial charge < -0.3 is 9.88 Å². The summed E-state index contributed by atoms with van der Waals surface area (Å²) in [7, 11) is 0. The molecule has 1 aromatic carbocycles. The first-order chi connectivity index (χ1) is 14.3. The molecule has 0 radical (unpaired) electrons. The first-order valence-corrected chi connectivity index (χ1v) is 12.1. The number of hydrogen-bond donors (Lipinski definition) is 1. The Labute approximate surface area is 178 Å². The summed E-state index contributed by atoms with van der Waals surface area (Å²) in [5.41, 5.74) is 2.64. The molecule has 0 aliphatic heterocycles. The van der Waals surface area contributed by atoms with Crippen LogP contribution < -0.4 is 5.32 Å². The molecule has 5 rings (SSSR count). The largest absolute Gasteiger partial charge is 0.349 e. The van der Waals surface area contributed by atoms with Crippen LogP contribution in [0.3, 0.4) is 0 Å². The van der Waals surface area contributed by atoms with Crippen molar-refractivity contribution in [2.75, 3.05) is 5.75 Å². The molecule has 150 valence electrons. The van der Waals surface area contributed by atoms with Crippen molar-refractivity contribution >= 4 is 29.0 Å². The predicted molar refractivity (Wildman–Crippen MR) is 116 cm³/mol. The summed E-state index contributed by atoms with van der Waals surface area (Å²) >= 11 is 3.26. The summed E-state index contributed by atoms with van der Waals surface area (Å²) in [4.78, 5) is 14.0. The first kappa shape index (κ1) is 18.9. The van der Waals surface area contributed by atoms with Gasteiger partial charge in [0, 0.05) is 17.3 Å². The molecule has 1 saturated carbocycles. The predicted octanol–water partition coefficient (Wildman–Crippen LogP) is 4.55. The fourth-order valence-corrected chi connectivity index (χ4v) is 5.60. The van der Waals surface area contributed by atoms with Crippen LogP contribution in [0.25, 0.3) is 0 Å². The minimum atomic E-state index is 0.0712. The van der Waals surface area contributed by atoms with Crippen LogP contribution in [0.2, 0.25) is 0 Å². The van der Waals surface area contributed by atoms with Crippen molar-refractivity contribution in [2.24, 2.45) is 0 Å². The lowest BCUT2D eigenvalue weighted by Crippen LogP contribution is -2.32. The molecule has 3 aromatic rings. The van der Waals surface area contributed by atoms with Gasteiger partial charge in [-0.05, 0) is 54.7 Å². The molecule has 2 aromatic heterocycles. The lowest BCUT2D eigenvalue weighted by molar-refractivity contribution is -0.119. The van der Waals surface area contributed by atoms with E-state index in [2.05, 4.69) is 61.9 Å². The minimum absolute atomic E-state index is 0.0712. The second kappa shape index (κ2) is 8.32. The molecular formula is C22H24N4OS2. The summed E-state index contributed by atoms with van der Waals surface area (Å²) in [5.74, 6) is 1.46. The molecule has 5 nitrogen and oxygen atoms in total. The summed E-state index contributed by atoms with van der Waals surface area (Å²) in [6.07, 6.45) is 6.40. The van der Waals surface area contributed by atoms with Crippen molar-refractivity contribution in [3.8, 4) is 0 Å². The molecule has 0 spiro atoms. The van der Waals surface area contributed by atoms with Gasteiger partial charge in [-0.15, -0.1) is 21.5 Å². The molecule has 1 fully saturated rings. The second-order valence-corrected chi connectivity index (χ2v) is 9.73. The Morgan fingerprint density at radius 2 is 2.07 bits per heavy atom. The average Bonchev–Trinajstić information content (AvgIpc) is 3.29. The van der Waals surface area contributed by atoms with E-state index >= 15 is 0 Å². The van der Waals surface area contributed by atoms with Crippen LogP contribution in [0.1, 0.15) is 59.6 Å². The Bertz CT molecular complexity index is 994. The molecule has 29 heavy (non-hydrogen) atoms. The molecule has 1 atom stereocenters. The first-order valence-electron chi connectivity index (χ1n) is 10.2. The summed E-state index contributed by atoms with van der Waals surface area (Å²) < 4.78 is 2.26. The second-order valence-electron chi connectivity index (χ2n) is 7.76. The molecule has 0 saturated heterocycles. The van der Waals surface area contributed by atoms with E-state index in [4.69, 9.17) is 0 Å². The Kier molecular flexibility index (Phi) is 5.42. The van der Waals surface area contributed by atoms with Crippen molar-refractivity contribution in [2.45, 2.75) is 55.8 Å². The number of thioether (sulfide) groups is 1. The van der Waals surface area contributed by atoms with Gasteiger partial charge in [0.2, 0.25) is 5.91 Å². The van der Waals surface area contributed by atoms with Crippen molar-refractivity contribution in [3.05, 3.63) is 63.6 Å². The van der Waals surface area contributed by atoms with E-state index in [-0.39, 0.29) is 11.9 Å². The van der Waals surface area contributed by atoms with Gasteiger partial charge in [0.1, 0.15) is 5.82 Å². The third kappa shape index (κ3) is 4.26. The zero-order valence-electron chi connectivity index (χ0n) is 16.2.